The normalized spacial score (nSPS) is 12.0. The first-order valence-corrected chi connectivity index (χ1v) is 6.40. The van der Waals surface area contributed by atoms with Crippen molar-refractivity contribution in [3.63, 3.8) is 0 Å². The number of halogens is 3. The minimum absolute atomic E-state index is 0.0879. The molecule has 1 amide bonds. The second-order valence-corrected chi connectivity index (χ2v) is 4.85. The molecule has 0 saturated carbocycles. The fourth-order valence-corrected chi connectivity index (χ4v) is 1.94. The number of carbonyl (C=O) groups is 1. The first-order valence-electron chi connectivity index (χ1n) is 6.40. The predicted molar refractivity (Wildman–Crippen MR) is 73.4 cm³/mol. The second kappa shape index (κ2) is 5.99. The molecule has 0 fully saturated rings. The van der Waals surface area contributed by atoms with Gasteiger partial charge in [0.1, 0.15) is 5.82 Å². The van der Waals surface area contributed by atoms with E-state index >= 15 is 0 Å². The van der Waals surface area contributed by atoms with E-state index in [9.17, 15) is 18.0 Å². The molecule has 1 atom stereocenters. The van der Waals surface area contributed by atoms with Crippen molar-refractivity contribution in [2.75, 3.05) is 0 Å². The van der Waals surface area contributed by atoms with Gasteiger partial charge < -0.3 is 5.32 Å². The maximum atomic E-state index is 13.7. The molecule has 0 aliphatic carbocycles. The highest BCUT2D eigenvalue weighted by atomic mass is 19.2. The first kappa shape index (κ1) is 15.1. The van der Waals surface area contributed by atoms with Crippen LogP contribution in [0, 0.1) is 24.4 Å². The van der Waals surface area contributed by atoms with Crippen LogP contribution in [0.5, 0.6) is 0 Å². The number of hydrogen-bond acceptors (Lipinski definition) is 1. The van der Waals surface area contributed by atoms with Crippen LogP contribution in [0.3, 0.4) is 0 Å². The minimum Gasteiger partial charge on any atom is -0.345 e. The highest BCUT2D eigenvalue weighted by Gasteiger charge is 2.16. The Labute approximate surface area is 120 Å². The van der Waals surface area contributed by atoms with Crippen molar-refractivity contribution in [2.45, 2.75) is 19.9 Å². The van der Waals surface area contributed by atoms with Crippen molar-refractivity contribution in [3.05, 3.63) is 70.5 Å². The molecule has 0 radical (unpaired) electrons. The van der Waals surface area contributed by atoms with E-state index in [1.165, 1.54) is 18.2 Å². The van der Waals surface area contributed by atoms with Crippen LogP contribution in [0.25, 0.3) is 0 Å². The molecule has 2 rings (SSSR count). The average Bonchev–Trinajstić information content (AvgIpc) is 2.41. The van der Waals surface area contributed by atoms with Crippen LogP contribution in [0.4, 0.5) is 13.2 Å². The molecule has 0 heterocycles. The summed E-state index contributed by atoms with van der Waals surface area (Å²) in [6.45, 7) is 3.32. The van der Waals surface area contributed by atoms with Gasteiger partial charge in [0.2, 0.25) is 0 Å². The zero-order valence-electron chi connectivity index (χ0n) is 11.6. The third kappa shape index (κ3) is 3.42. The van der Waals surface area contributed by atoms with E-state index < -0.39 is 29.4 Å². The van der Waals surface area contributed by atoms with Gasteiger partial charge in [-0.2, -0.15) is 0 Å². The molecule has 2 aromatic rings. The van der Waals surface area contributed by atoms with Crippen LogP contribution in [0.2, 0.25) is 0 Å². The fourth-order valence-electron chi connectivity index (χ4n) is 1.94. The molecule has 2 aromatic carbocycles. The van der Waals surface area contributed by atoms with Crippen LogP contribution in [0.15, 0.2) is 36.4 Å². The summed E-state index contributed by atoms with van der Waals surface area (Å²) in [4.78, 5) is 12.0. The monoisotopic (exact) mass is 293 g/mol. The van der Waals surface area contributed by atoms with Gasteiger partial charge in [-0.3, -0.25) is 4.79 Å². The summed E-state index contributed by atoms with van der Waals surface area (Å²) in [5.74, 6) is -3.17. The van der Waals surface area contributed by atoms with Crippen LogP contribution in [0.1, 0.15) is 34.5 Å². The Morgan fingerprint density at radius 1 is 1.00 bits per heavy atom. The predicted octanol–water partition coefficient (Wildman–Crippen LogP) is 3.90. The van der Waals surface area contributed by atoms with Crippen molar-refractivity contribution in [3.8, 4) is 0 Å². The maximum absolute atomic E-state index is 13.7. The van der Waals surface area contributed by atoms with Gasteiger partial charge in [0, 0.05) is 0 Å². The number of amides is 1. The molecule has 0 aliphatic heterocycles. The Bertz CT molecular complexity index is 685. The van der Waals surface area contributed by atoms with E-state index in [4.69, 9.17) is 0 Å². The SMILES string of the molecule is Cc1ccc(C(=O)NC(C)c2ccc(F)c(F)c2)c(F)c1. The molecule has 0 saturated heterocycles. The van der Waals surface area contributed by atoms with Gasteiger partial charge >= 0.3 is 0 Å². The lowest BCUT2D eigenvalue weighted by molar-refractivity contribution is 0.0935. The molecule has 1 N–H and O–H groups in total. The standard InChI is InChI=1S/C16H14F3NO/c1-9-3-5-12(14(18)7-9)16(21)20-10(2)11-4-6-13(17)15(19)8-11/h3-8,10H,1-2H3,(H,20,21). The largest absolute Gasteiger partial charge is 0.345 e. The Hall–Kier alpha value is -2.30. The minimum atomic E-state index is -0.991. The van der Waals surface area contributed by atoms with Crippen LogP contribution < -0.4 is 5.32 Å². The summed E-state index contributed by atoms with van der Waals surface area (Å²) >= 11 is 0. The lowest BCUT2D eigenvalue weighted by Gasteiger charge is -2.15. The third-order valence-electron chi connectivity index (χ3n) is 3.16. The molecule has 0 bridgehead atoms. The molecule has 0 aliphatic rings. The lowest BCUT2D eigenvalue weighted by atomic mass is 10.1. The van der Waals surface area contributed by atoms with Gasteiger partial charge in [-0.25, -0.2) is 13.2 Å². The quantitative estimate of drug-likeness (QED) is 0.913. The highest BCUT2D eigenvalue weighted by Crippen LogP contribution is 2.17. The molecule has 1 unspecified atom stereocenters. The van der Waals surface area contributed by atoms with E-state index in [1.807, 2.05) is 0 Å². The Morgan fingerprint density at radius 2 is 1.71 bits per heavy atom. The summed E-state index contributed by atoms with van der Waals surface area (Å²) in [5.41, 5.74) is 1.02. The fraction of sp³-hybridized carbons (Fsp3) is 0.188. The van der Waals surface area contributed by atoms with Crippen molar-refractivity contribution in [2.24, 2.45) is 0 Å². The molecule has 21 heavy (non-hydrogen) atoms. The molecule has 110 valence electrons. The van der Waals surface area contributed by atoms with E-state index in [0.29, 0.717) is 11.1 Å². The van der Waals surface area contributed by atoms with Crippen molar-refractivity contribution < 1.29 is 18.0 Å². The smallest absolute Gasteiger partial charge is 0.254 e. The van der Waals surface area contributed by atoms with Gasteiger partial charge in [0.05, 0.1) is 11.6 Å². The Morgan fingerprint density at radius 3 is 2.33 bits per heavy atom. The number of nitrogens with one attached hydrogen (secondary N) is 1. The topological polar surface area (TPSA) is 29.1 Å². The van der Waals surface area contributed by atoms with Gasteiger partial charge in [-0.1, -0.05) is 12.1 Å². The Balaban J connectivity index is 2.16. The van der Waals surface area contributed by atoms with E-state index in [1.54, 1.807) is 19.9 Å². The molecule has 0 aromatic heterocycles. The molecular weight excluding hydrogens is 279 g/mol. The number of rotatable bonds is 3. The van der Waals surface area contributed by atoms with Crippen LogP contribution >= 0.6 is 0 Å². The zero-order chi connectivity index (χ0) is 15.6. The van der Waals surface area contributed by atoms with Crippen molar-refractivity contribution in [1.82, 2.24) is 5.32 Å². The van der Waals surface area contributed by atoms with E-state index in [0.717, 1.165) is 12.1 Å². The molecule has 5 heteroatoms. The number of hydrogen-bond donors (Lipinski definition) is 1. The van der Waals surface area contributed by atoms with Gasteiger partial charge in [-0.15, -0.1) is 0 Å². The lowest BCUT2D eigenvalue weighted by Crippen LogP contribution is -2.27. The summed E-state index contributed by atoms with van der Waals surface area (Å²) in [7, 11) is 0. The van der Waals surface area contributed by atoms with Gasteiger partial charge in [0.15, 0.2) is 11.6 Å². The zero-order valence-corrected chi connectivity index (χ0v) is 11.6. The van der Waals surface area contributed by atoms with Crippen LogP contribution in [-0.2, 0) is 0 Å². The second-order valence-electron chi connectivity index (χ2n) is 4.85. The number of benzene rings is 2. The highest BCUT2D eigenvalue weighted by molar-refractivity contribution is 5.94. The Kier molecular flexibility index (Phi) is 4.31. The summed E-state index contributed by atoms with van der Waals surface area (Å²) in [6, 6.07) is 7.06. The third-order valence-corrected chi connectivity index (χ3v) is 3.16. The van der Waals surface area contributed by atoms with E-state index in [2.05, 4.69) is 5.32 Å². The average molecular weight is 293 g/mol. The van der Waals surface area contributed by atoms with Gasteiger partial charge in [0.25, 0.3) is 5.91 Å². The number of aryl methyl sites for hydroxylation is 1. The van der Waals surface area contributed by atoms with Crippen molar-refractivity contribution in [1.29, 1.82) is 0 Å². The number of carbonyl (C=O) groups excluding carboxylic acids is 1. The summed E-state index contributed by atoms with van der Waals surface area (Å²) in [6.07, 6.45) is 0. The summed E-state index contributed by atoms with van der Waals surface area (Å²) in [5, 5.41) is 2.55. The van der Waals surface area contributed by atoms with Gasteiger partial charge in [-0.05, 0) is 49.2 Å². The summed E-state index contributed by atoms with van der Waals surface area (Å²) < 4.78 is 39.7. The molecular formula is C16H14F3NO. The first-order chi connectivity index (χ1) is 9.88. The maximum Gasteiger partial charge on any atom is 0.254 e. The molecule has 2 nitrogen and oxygen atoms in total. The van der Waals surface area contributed by atoms with Crippen LogP contribution in [-0.4, -0.2) is 5.91 Å². The van der Waals surface area contributed by atoms with Crippen molar-refractivity contribution >= 4 is 5.91 Å². The van der Waals surface area contributed by atoms with E-state index in [-0.39, 0.29) is 5.56 Å². The molecule has 0 spiro atoms.